The molecule has 1 atom stereocenters. The third-order valence-corrected chi connectivity index (χ3v) is 7.68. The molecule has 1 aromatic heterocycles. The summed E-state index contributed by atoms with van der Waals surface area (Å²) in [7, 11) is 0. The van der Waals surface area contributed by atoms with Gasteiger partial charge in [0.25, 0.3) is 0 Å². The van der Waals surface area contributed by atoms with Gasteiger partial charge in [-0.25, -0.2) is 9.78 Å². The molecule has 0 saturated carbocycles. The van der Waals surface area contributed by atoms with Crippen molar-refractivity contribution in [1.29, 1.82) is 0 Å². The van der Waals surface area contributed by atoms with Crippen molar-refractivity contribution in [2.24, 2.45) is 5.92 Å². The van der Waals surface area contributed by atoms with Crippen molar-refractivity contribution in [3.8, 4) is 0 Å². The van der Waals surface area contributed by atoms with E-state index in [1.54, 1.807) is 12.4 Å². The fraction of sp³-hybridized carbons (Fsp3) is 0.414. The van der Waals surface area contributed by atoms with Crippen LogP contribution in [0.25, 0.3) is 0 Å². The van der Waals surface area contributed by atoms with Gasteiger partial charge in [0.05, 0.1) is 30.9 Å². The predicted octanol–water partition coefficient (Wildman–Crippen LogP) is 2.38. The topological polar surface area (TPSA) is 144 Å². The number of aliphatic carboxylic acids is 1. The third-order valence-electron chi connectivity index (χ3n) is 7.68. The van der Waals surface area contributed by atoms with Gasteiger partial charge in [0.15, 0.2) is 0 Å². The van der Waals surface area contributed by atoms with E-state index in [0.29, 0.717) is 57.1 Å². The van der Waals surface area contributed by atoms with Crippen molar-refractivity contribution in [1.82, 2.24) is 14.9 Å². The number of carbonyl (C=O) groups excluding carboxylic acids is 1. The van der Waals surface area contributed by atoms with Crippen LogP contribution < -0.4 is 20.3 Å². The number of hydrogen-bond acceptors (Lipinski definition) is 9. The molecule has 0 aliphatic carbocycles. The molecule has 218 valence electrons. The van der Waals surface area contributed by atoms with E-state index in [9.17, 15) is 25.1 Å². The highest BCUT2D eigenvalue weighted by molar-refractivity contribution is 5.85. The lowest BCUT2D eigenvalue weighted by atomic mass is 9.94. The fourth-order valence-electron chi connectivity index (χ4n) is 5.43. The molecule has 12 heteroatoms. The first-order valence-corrected chi connectivity index (χ1v) is 13.8. The van der Waals surface area contributed by atoms with Gasteiger partial charge < -0.3 is 29.5 Å². The average Bonchev–Trinajstić information content (AvgIpc) is 3.44. The van der Waals surface area contributed by atoms with Crippen LogP contribution in [0, 0.1) is 5.92 Å². The quantitative estimate of drug-likeness (QED) is 0.271. The van der Waals surface area contributed by atoms with Gasteiger partial charge in [-0.3, -0.25) is 15.2 Å². The highest BCUT2D eigenvalue weighted by atomic mass is 16.8. The van der Waals surface area contributed by atoms with Gasteiger partial charge in [0.2, 0.25) is 5.91 Å². The number of ether oxygens (including phenoxy) is 1. The minimum absolute atomic E-state index is 0.0856. The Morgan fingerprint density at radius 2 is 1.76 bits per heavy atom. The molecule has 0 spiro atoms. The standard InChI is InChI=1S/C29H36N6O6/c36-28(31-25(29(37)38)16-23-19-32(20-30-23)18-21-4-2-1-3-5-21)22-8-10-34(11-9-22)27-17-24(6-7-26(27)35(39)40)33-12-14-41-15-13-33/h1-7,17,19-20,22,25,39-40H,8-16,18H2,(H,31,36)(H,37,38)/t25-/m0/s1. The molecule has 0 unspecified atom stereocenters. The Morgan fingerprint density at radius 3 is 2.44 bits per heavy atom. The Labute approximate surface area is 238 Å². The molecule has 3 aromatic rings. The van der Waals surface area contributed by atoms with Crippen LogP contribution in [0.5, 0.6) is 0 Å². The highest BCUT2D eigenvalue weighted by Gasteiger charge is 2.30. The molecule has 2 aliphatic heterocycles. The molecule has 3 heterocycles. The maximum Gasteiger partial charge on any atom is 0.326 e. The Hall–Kier alpha value is -4.13. The Morgan fingerprint density at radius 1 is 1.02 bits per heavy atom. The lowest BCUT2D eigenvalue weighted by molar-refractivity contribution is -0.142. The maximum atomic E-state index is 13.1. The van der Waals surface area contributed by atoms with Crippen molar-refractivity contribution < 1.29 is 29.8 Å². The number of amides is 1. The first kappa shape index (κ1) is 28.4. The molecular formula is C29H36N6O6. The summed E-state index contributed by atoms with van der Waals surface area (Å²) in [6.07, 6.45) is 4.56. The zero-order valence-electron chi connectivity index (χ0n) is 22.8. The van der Waals surface area contributed by atoms with Gasteiger partial charge in [-0.2, -0.15) is 0 Å². The number of rotatable bonds is 10. The molecule has 41 heavy (non-hydrogen) atoms. The van der Waals surface area contributed by atoms with Gasteiger partial charge in [0.1, 0.15) is 11.7 Å². The van der Waals surface area contributed by atoms with E-state index in [1.165, 1.54) is 0 Å². The summed E-state index contributed by atoms with van der Waals surface area (Å²) >= 11 is 0. The van der Waals surface area contributed by atoms with E-state index in [0.717, 1.165) is 24.3 Å². The van der Waals surface area contributed by atoms with Gasteiger partial charge in [-0.15, -0.1) is 5.23 Å². The zero-order valence-corrected chi connectivity index (χ0v) is 22.8. The van der Waals surface area contributed by atoms with Crippen LogP contribution in [-0.2, 0) is 27.3 Å². The predicted molar refractivity (Wildman–Crippen MR) is 152 cm³/mol. The van der Waals surface area contributed by atoms with Gasteiger partial charge in [-0.05, 0) is 36.6 Å². The van der Waals surface area contributed by atoms with Crippen LogP contribution in [0.4, 0.5) is 17.1 Å². The summed E-state index contributed by atoms with van der Waals surface area (Å²) in [5.74, 6) is -1.76. The summed E-state index contributed by atoms with van der Waals surface area (Å²) in [6.45, 7) is 4.41. The smallest absolute Gasteiger partial charge is 0.326 e. The maximum absolute atomic E-state index is 13.1. The number of benzene rings is 2. The van der Waals surface area contributed by atoms with Crippen molar-refractivity contribution in [3.63, 3.8) is 0 Å². The van der Waals surface area contributed by atoms with Crippen LogP contribution in [0.15, 0.2) is 61.1 Å². The second kappa shape index (κ2) is 13.0. The third kappa shape index (κ3) is 7.15. The minimum Gasteiger partial charge on any atom is -0.480 e. The number of piperidine rings is 1. The molecule has 2 saturated heterocycles. The zero-order chi connectivity index (χ0) is 28.8. The first-order chi connectivity index (χ1) is 19.9. The summed E-state index contributed by atoms with van der Waals surface area (Å²) in [5.41, 5.74) is 3.57. The largest absolute Gasteiger partial charge is 0.480 e. The number of imidazole rings is 1. The summed E-state index contributed by atoms with van der Waals surface area (Å²) in [5, 5.41) is 32.3. The van der Waals surface area contributed by atoms with Crippen LogP contribution >= 0.6 is 0 Å². The molecular weight excluding hydrogens is 528 g/mol. The van der Waals surface area contributed by atoms with Gasteiger partial charge >= 0.3 is 5.97 Å². The summed E-state index contributed by atoms with van der Waals surface area (Å²) in [4.78, 5) is 33.7. The van der Waals surface area contributed by atoms with Crippen molar-refractivity contribution in [2.45, 2.75) is 31.8 Å². The van der Waals surface area contributed by atoms with E-state index >= 15 is 0 Å². The SMILES string of the molecule is O=C(N[C@@H](Cc1cn(Cc2ccccc2)cn1)C(=O)O)C1CCN(c2cc(N3CCOCC3)ccc2N(O)O)CC1. The van der Waals surface area contributed by atoms with Crippen molar-refractivity contribution in [3.05, 3.63) is 72.3 Å². The van der Waals surface area contributed by atoms with Crippen LogP contribution in [0.1, 0.15) is 24.1 Å². The Kier molecular flexibility index (Phi) is 9.02. The molecule has 5 rings (SSSR count). The highest BCUT2D eigenvalue weighted by Crippen LogP contribution is 2.35. The van der Waals surface area contributed by atoms with Crippen LogP contribution in [0.3, 0.4) is 0 Å². The van der Waals surface area contributed by atoms with E-state index in [2.05, 4.69) is 15.2 Å². The second-order valence-electron chi connectivity index (χ2n) is 10.4. The summed E-state index contributed by atoms with van der Waals surface area (Å²) in [6, 6.07) is 14.2. The molecule has 1 amide bonds. The number of aromatic nitrogens is 2. The minimum atomic E-state index is -1.11. The molecule has 12 nitrogen and oxygen atoms in total. The molecule has 2 aromatic carbocycles. The Bertz CT molecular complexity index is 1320. The number of carbonyl (C=O) groups is 2. The van der Waals surface area contributed by atoms with Crippen molar-refractivity contribution >= 4 is 28.9 Å². The lowest BCUT2D eigenvalue weighted by Crippen LogP contribution is -2.47. The molecule has 4 N–H and O–H groups in total. The molecule has 0 bridgehead atoms. The number of carboxylic acids is 1. The van der Waals surface area contributed by atoms with E-state index in [1.807, 2.05) is 58.1 Å². The summed E-state index contributed by atoms with van der Waals surface area (Å²) < 4.78 is 7.33. The van der Waals surface area contributed by atoms with Crippen LogP contribution in [0.2, 0.25) is 0 Å². The lowest BCUT2D eigenvalue weighted by Gasteiger charge is -2.36. The van der Waals surface area contributed by atoms with Crippen LogP contribution in [-0.4, -0.2) is 82.4 Å². The van der Waals surface area contributed by atoms with Crippen molar-refractivity contribution in [2.75, 3.05) is 54.4 Å². The second-order valence-corrected chi connectivity index (χ2v) is 10.4. The Balaban J connectivity index is 1.18. The number of morpholine rings is 1. The van der Waals surface area contributed by atoms with E-state index in [4.69, 9.17) is 4.74 Å². The average molecular weight is 565 g/mol. The fourth-order valence-corrected chi connectivity index (χ4v) is 5.43. The van der Waals surface area contributed by atoms with Gasteiger partial charge in [0, 0.05) is 56.9 Å². The molecule has 0 radical (unpaired) electrons. The number of hydrogen-bond donors (Lipinski definition) is 4. The number of anilines is 3. The van der Waals surface area contributed by atoms with E-state index < -0.39 is 12.0 Å². The first-order valence-electron chi connectivity index (χ1n) is 13.8. The molecule has 2 aliphatic rings. The normalized spacial score (nSPS) is 16.8. The van der Waals surface area contributed by atoms with E-state index in [-0.39, 0.29) is 29.2 Å². The monoisotopic (exact) mass is 564 g/mol. The molecule has 2 fully saturated rings. The number of nitrogens with zero attached hydrogens (tertiary/aromatic N) is 5. The number of carboxylic acid groups (broad SMARTS) is 1. The van der Waals surface area contributed by atoms with Gasteiger partial charge in [-0.1, -0.05) is 30.3 Å². The number of nitrogens with one attached hydrogen (secondary N) is 1.